The molecule has 25 heavy (non-hydrogen) atoms. The van der Waals surface area contributed by atoms with E-state index in [4.69, 9.17) is 28.5 Å². The number of anilines is 4. The summed E-state index contributed by atoms with van der Waals surface area (Å²) in [5, 5.41) is 25.4. The van der Waals surface area contributed by atoms with Gasteiger partial charge in [-0.1, -0.05) is 35.3 Å². The lowest BCUT2D eigenvalue weighted by atomic mass is 10.2. The predicted molar refractivity (Wildman–Crippen MR) is 96.5 cm³/mol. The molecule has 0 bridgehead atoms. The van der Waals surface area contributed by atoms with Crippen LogP contribution in [0.15, 0.2) is 36.4 Å². The summed E-state index contributed by atoms with van der Waals surface area (Å²) in [6, 6.07) is 11.5. The van der Waals surface area contributed by atoms with Crippen LogP contribution in [0.2, 0.25) is 10.0 Å². The van der Waals surface area contributed by atoms with Crippen LogP contribution in [-0.2, 0) is 0 Å². The monoisotopic (exact) mass is 393 g/mol. The van der Waals surface area contributed by atoms with E-state index in [1.807, 2.05) is 6.07 Å². The molecule has 0 saturated carbocycles. The Labute approximate surface area is 155 Å². The smallest absolute Gasteiger partial charge is 0.237 e. The molecule has 1 heterocycles. The van der Waals surface area contributed by atoms with E-state index in [-0.39, 0.29) is 33.7 Å². The highest BCUT2D eigenvalue weighted by Gasteiger charge is 2.19. The summed E-state index contributed by atoms with van der Waals surface area (Å²) in [6.45, 7) is 0. The Morgan fingerprint density at radius 3 is 2.32 bits per heavy atom. The minimum atomic E-state index is -1.83. The van der Waals surface area contributed by atoms with Crippen LogP contribution in [-0.4, -0.2) is 18.4 Å². The summed E-state index contributed by atoms with van der Waals surface area (Å²) >= 11 is 10.3. The van der Waals surface area contributed by atoms with Crippen molar-refractivity contribution in [2.75, 3.05) is 10.6 Å². The van der Waals surface area contributed by atoms with Crippen LogP contribution in [0.4, 0.5) is 23.0 Å². The van der Waals surface area contributed by atoms with Crippen molar-refractivity contribution in [3.05, 3.63) is 52.0 Å². The zero-order valence-corrected chi connectivity index (χ0v) is 14.7. The zero-order valence-electron chi connectivity index (χ0n) is 12.3. The fraction of sp³-hybridized carbons (Fsp3) is 0. The average Bonchev–Trinajstić information content (AvgIpc) is 2.93. The molecule has 7 nitrogen and oxygen atoms in total. The number of para-hydroxylation sites is 1. The second-order valence-corrected chi connectivity index (χ2v) is 6.39. The van der Waals surface area contributed by atoms with Crippen LogP contribution < -0.4 is 10.6 Å². The molecule has 1 atom stereocenters. The Morgan fingerprint density at radius 2 is 1.64 bits per heavy atom. The van der Waals surface area contributed by atoms with E-state index in [1.165, 1.54) is 6.07 Å². The van der Waals surface area contributed by atoms with Gasteiger partial charge >= 0.3 is 0 Å². The molecule has 126 valence electrons. The Morgan fingerprint density at radius 1 is 1.04 bits per heavy atom. The molecule has 0 fully saturated rings. The van der Waals surface area contributed by atoms with Crippen LogP contribution in [0.5, 0.6) is 5.75 Å². The maximum absolute atomic E-state index is 11.7. The van der Waals surface area contributed by atoms with Crippen molar-refractivity contribution in [1.82, 2.24) is 8.75 Å². The molecule has 3 rings (SSSR count). The number of phenolic OH excluding ortho intramolecular Hbond substituents is 1. The standard InChI is InChI=1S/C15H9Cl2N5O2S/c16-9-4-2-5-10(12(9)17)19-14-15(22-25(24)21-14)20-11-6-1-3-8(7-18)13(11)23/h1-6,23H,(H,19,21)(H,20,22). The van der Waals surface area contributed by atoms with Crippen LogP contribution in [0.25, 0.3) is 0 Å². The molecule has 0 aliphatic rings. The van der Waals surface area contributed by atoms with Crippen LogP contribution in [0.1, 0.15) is 5.56 Å². The quantitative estimate of drug-likeness (QED) is 0.438. The molecule has 1 unspecified atom stereocenters. The van der Waals surface area contributed by atoms with Gasteiger partial charge in [-0.15, -0.1) is 0 Å². The third-order valence-corrected chi connectivity index (χ3v) is 4.67. The Hall–Kier alpha value is -2.57. The first-order valence-electron chi connectivity index (χ1n) is 6.79. The molecule has 2 aromatic carbocycles. The highest BCUT2D eigenvalue weighted by molar-refractivity contribution is 7.14. The summed E-state index contributed by atoms with van der Waals surface area (Å²) in [7, 11) is 0. The van der Waals surface area contributed by atoms with Crippen LogP contribution in [0.3, 0.4) is 0 Å². The number of rotatable bonds is 4. The topological polar surface area (TPSA) is 117 Å². The molecule has 0 spiro atoms. The number of hydrogen-bond acceptors (Lipinski definition) is 7. The molecule has 0 radical (unpaired) electrons. The SMILES string of the molecule is N#Cc1cccc(Nc2n[s+]([O-])nc2Nc2cccc(Cl)c2Cl)c1O. The molecule has 0 amide bonds. The second kappa shape index (κ2) is 7.13. The number of aromatic hydroxyl groups is 1. The van der Waals surface area contributed by atoms with Gasteiger partial charge in [-0.3, -0.25) is 0 Å². The lowest BCUT2D eigenvalue weighted by Crippen LogP contribution is -1.98. The summed E-state index contributed by atoms with van der Waals surface area (Å²) in [5.41, 5.74) is 0.772. The van der Waals surface area contributed by atoms with Crippen molar-refractivity contribution in [2.24, 2.45) is 0 Å². The first-order valence-corrected chi connectivity index (χ1v) is 8.61. The normalized spacial score (nSPS) is 11.0. The zero-order chi connectivity index (χ0) is 18.0. The van der Waals surface area contributed by atoms with E-state index in [1.54, 1.807) is 30.3 Å². The Kier molecular flexibility index (Phi) is 4.92. The fourth-order valence-electron chi connectivity index (χ4n) is 2.02. The van der Waals surface area contributed by atoms with Gasteiger partial charge in [0.15, 0.2) is 16.9 Å². The average molecular weight is 394 g/mol. The van der Waals surface area contributed by atoms with Gasteiger partial charge in [0.25, 0.3) is 0 Å². The van der Waals surface area contributed by atoms with Crippen molar-refractivity contribution in [3.63, 3.8) is 0 Å². The highest BCUT2D eigenvalue weighted by Crippen LogP contribution is 2.36. The lowest BCUT2D eigenvalue weighted by Gasteiger charge is -2.09. The van der Waals surface area contributed by atoms with Crippen LogP contribution in [0, 0.1) is 11.3 Å². The van der Waals surface area contributed by atoms with E-state index in [0.29, 0.717) is 10.7 Å². The van der Waals surface area contributed by atoms with E-state index in [9.17, 15) is 9.66 Å². The largest absolute Gasteiger partial charge is 0.546 e. The first-order chi connectivity index (χ1) is 12.0. The van der Waals surface area contributed by atoms with Crippen molar-refractivity contribution >= 4 is 57.4 Å². The minimum absolute atomic E-state index is 0.0917. The first kappa shape index (κ1) is 17.3. The number of hydrogen-bond donors (Lipinski definition) is 3. The highest BCUT2D eigenvalue weighted by atomic mass is 35.5. The van der Waals surface area contributed by atoms with E-state index < -0.39 is 11.1 Å². The lowest BCUT2D eigenvalue weighted by molar-refractivity contribution is 0.476. The third-order valence-electron chi connectivity index (χ3n) is 3.18. The number of halogens is 2. The number of nitrogens with one attached hydrogen (secondary N) is 2. The van der Waals surface area contributed by atoms with Gasteiger partial charge in [-0.25, -0.2) is 0 Å². The van der Waals surface area contributed by atoms with E-state index in [0.717, 1.165) is 0 Å². The second-order valence-electron chi connectivity index (χ2n) is 4.78. The van der Waals surface area contributed by atoms with Gasteiger partial charge in [-0.2, -0.15) is 5.26 Å². The summed E-state index contributed by atoms with van der Waals surface area (Å²) in [4.78, 5) is 0. The number of benzene rings is 2. The third kappa shape index (κ3) is 3.60. The number of nitrogens with zero attached hydrogens (tertiary/aromatic N) is 3. The van der Waals surface area contributed by atoms with Crippen molar-refractivity contribution < 1.29 is 9.66 Å². The molecule has 3 aromatic rings. The minimum Gasteiger partial charge on any atom is -0.546 e. The molecule has 1 aromatic heterocycles. The summed E-state index contributed by atoms with van der Waals surface area (Å²) < 4.78 is 19.4. The summed E-state index contributed by atoms with van der Waals surface area (Å²) in [6.07, 6.45) is 0. The molecular formula is C15H9Cl2N5O2S. The molecular weight excluding hydrogens is 385 g/mol. The maximum atomic E-state index is 11.7. The van der Waals surface area contributed by atoms with Gasteiger partial charge in [0.1, 0.15) is 6.07 Å². The molecule has 10 heteroatoms. The Balaban J connectivity index is 1.95. The van der Waals surface area contributed by atoms with E-state index >= 15 is 0 Å². The Bertz CT molecular complexity index is 987. The number of aromatic nitrogens is 2. The predicted octanol–water partition coefficient (Wildman–Crippen LogP) is 4.58. The van der Waals surface area contributed by atoms with Crippen molar-refractivity contribution in [3.8, 4) is 11.8 Å². The molecule has 0 aliphatic heterocycles. The number of nitriles is 1. The summed E-state index contributed by atoms with van der Waals surface area (Å²) in [5.74, 6) is 0.0366. The maximum Gasteiger partial charge on any atom is 0.237 e. The fourth-order valence-corrected chi connectivity index (χ4v) is 2.98. The van der Waals surface area contributed by atoms with E-state index in [2.05, 4.69) is 19.4 Å². The van der Waals surface area contributed by atoms with Crippen LogP contribution >= 0.6 is 34.3 Å². The van der Waals surface area contributed by atoms with Gasteiger partial charge in [0.05, 0.1) is 27.0 Å². The van der Waals surface area contributed by atoms with Crippen molar-refractivity contribution in [1.29, 1.82) is 5.26 Å². The van der Waals surface area contributed by atoms with Gasteiger partial charge in [-0.05, 0) is 24.3 Å². The molecule has 0 saturated heterocycles. The molecule has 0 aliphatic carbocycles. The van der Waals surface area contributed by atoms with Crippen molar-refractivity contribution in [2.45, 2.75) is 0 Å². The van der Waals surface area contributed by atoms with Gasteiger partial charge < -0.3 is 20.3 Å². The van der Waals surface area contributed by atoms with Gasteiger partial charge in [0.2, 0.25) is 11.6 Å². The number of phenols is 1. The molecule has 3 N–H and O–H groups in total. The van der Waals surface area contributed by atoms with Gasteiger partial charge in [0, 0.05) is 8.75 Å².